The molecule has 5 nitrogen and oxygen atoms in total. The largest absolute Gasteiger partial charge is 0.447 e. The van der Waals surface area contributed by atoms with E-state index in [9.17, 15) is 9.59 Å². The Morgan fingerprint density at radius 2 is 1.72 bits per heavy atom. The van der Waals surface area contributed by atoms with Crippen LogP contribution in [0, 0.1) is 28.6 Å². The fraction of sp³-hybridized carbons (Fsp3) is 0.815. The van der Waals surface area contributed by atoms with Crippen molar-refractivity contribution in [3.05, 3.63) is 11.6 Å². The van der Waals surface area contributed by atoms with E-state index >= 15 is 0 Å². The summed E-state index contributed by atoms with van der Waals surface area (Å²) in [5.41, 5.74) is 0.634. The molecule has 0 N–H and O–H groups in total. The molecule has 1 aliphatic heterocycles. The summed E-state index contributed by atoms with van der Waals surface area (Å²) < 4.78 is 6.68. The van der Waals surface area contributed by atoms with Crippen LogP contribution >= 0.6 is 0 Å². The van der Waals surface area contributed by atoms with Crippen molar-refractivity contribution in [1.29, 1.82) is 0 Å². The molecule has 4 aliphatic carbocycles. The topological polar surface area (TPSA) is 59.0 Å². The van der Waals surface area contributed by atoms with Crippen molar-refractivity contribution in [2.45, 2.75) is 111 Å². The van der Waals surface area contributed by atoms with Crippen molar-refractivity contribution < 1.29 is 14.3 Å². The number of hydrogen-bond acceptors (Lipinski definition) is 4. The van der Waals surface area contributed by atoms with Gasteiger partial charge in [0.15, 0.2) is 11.4 Å². The maximum Gasteiger partial charge on any atom is 0.295 e. The first-order valence-electron chi connectivity index (χ1n) is 12.9. The SMILES string of the molecule is CC(C)N=C1O[C@@]2(CC[C@H]3[C@@H]4CCC5=CC(=O)CC[C@]5(C)[C@H]4CC[C@@]32C)C(=O)N1C(C)C. The maximum absolute atomic E-state index is 14.0. The number of aliphatic imine (C=N–C) groups is 1. The fourth-order valence-electron chi connectivity index (χ4n) is 8.37. The Labute approximate surface area is 193 Å². The number of ether oxygens (including phenoxy) is 1. The Balaban J connectivity index is 1.50. The van der Waals surface area contributed by atoms with Gasteiger partial charge < -0.3 is 4.74 Å². The van der Waals surface area contributed by atoms with Crippen LogP contribution in [-0.4, -0.2) is 40.3 Å². The molecule has 32 heavy (non-hydrogen) atoms. The highest BCUT2D eigenvalue weighted by Gasteiger charge is 2.72. The molecular weight excluding hydrogens is 400 g/mol. The lowest BCUT2D eigenvalue weighted by molar-refractivity contribution is -0.156. The minimum atomic E-state index is -0.764. The van der Waals surface area contributed by atoms with Gasteiger partial charge >= 0.3 is 0 Å². The van der Waals surface area contributed by atoms with Gasteiger partial charge in [0.05, 0.1) is 0 Å². The molecule has 0 aromatic rings. The van der Waals surface area contributed by atoms with Crippen LogP contribution in [0.25, 0.3) is 0 Å². The minimum absolute atomic E-state index is 0.0411. The first-order valence-corrected chi connectivity index (χ1v) is 12.9. The van der Waals surface area contributed by atoms with Crippen LogP contribution < -0.4 is 0 Å². The molecule has 0 radical (unpaired) electrons. The second kappa shape index (κ2) is 7.17. The molecule has 176 valence electrons. The number of ketones is 1. The van der Waals surface area contributed by atoms with Crippen LogP contribution in [0.3, 0.4) is 0 Å². The number of amidine groups is 1. The van der Waals surface area contributed by atoms with Gasteiger partial charge in [-0.25, -0.2) is 4.99 Å². The van der Waals surface area contributed by atoms with Crippen molar-refractivity contribution in [1.82, 2.24) is 4.90 Å². The van der Waals surface area contributed by atoms with Gasteiger partial charge in [-0.1, -0.05) is 19.4 Å². The molecule has 5 rings (SSSR count). The zero-order valence-electron chi connectivity index (χ0n) is 20.7. The van der Waals surface area contributed by atoms with Gasteiger partial charge in [0.2, 0.25) is 0 Å². The average molecular weight is 441 g/mol. The van der Waals surface area contributed by atoms with Crippen molar-refractivity contribution in [2.24, 2.45) is 33.6 Å². The van der Waals surface area contributed by atoms with Crippen LogP contribution in [0.4, 0.5) is 0 Å². The van der Waals surface area contributed by atoms with Gasteiger partial charge in [0, 0.05) is 23.9 Å². The van der Waals surface area contributed by atoms with Crippen molar-refractivity contribution in [3.63, 3.8) is 0 Å². The lowest BCUT2D eigenvalue weighted by atomic mass is 9.46. The molecule has 6 atom stereocenters. The molecule has 4 fully saturated rings. The van der Waals surface area contributed by atoms with E-state index in [-0.39, 0.29) is 28.8 Å². The smallest absolute Gasteiger partial charge is 0.295 e. The van der Waals surface area contributed by atoms with Crippen LogP contribution in [0.2, 0.25) is 0 Å². The van der Waals surface area contributed by atoms with E-state index in [1.165, 1.54) is 5.57 Å². The highest BCUT2D eigenvalue weighted by molar-refractivity contribution is 6.06. The highest BCUT2D eigenvalue weighted by atomic mass is 16.6. The molecule has 0 unspecified atom stereocenters. The summed E-state index contributed by atoms with van der Waals surface area (Å²) in [5, 5.41) is 0. The lowest BCUT2D eigenvalue weighted by Crippen LogP contribution is -2.58. The lowest BCUT2D eigenvalue weighted by Gasteiger charge is -2.58. The van der Waals surface area contributed by atoms with Crippen molar-refractivity contribution in [2.75, 3.05) is 0 Å². The fourth-order valence-corrected chi connectivity index (χ4v) is 8.37. The Morgan fingerprint density at radius 1 is 1.00 bits per heavy atom. The summed E-state index contributed by atoms with van der Waals surface area (Å²) >= 11 is 0. The molecule has 1 heterocycles. The third kappa shape index (κ3) is 2.78. The molecule has 5 heteroatoms. The van der Waals surface area contributed by atoms with Crippen LogP contribution in [0.15, 0.2) is 16.6 Å². The van der Waals surface area contributed by atoms with E-state index in [1.807, 2.05) is 24.8 Å². The van der Waals surface area contributed by atoms with E-state index in [1.54, 1.807) is 0 Å². The van der Waals surface area contributed by atoms with Crippen LogP contribution in [0.5, 0.6) is 0 Å². The zero-order valence-corrected chi connectivity index (χ0v) is 20.7. The van der Waals surface area contributed by atoms with E-state index in [0.29, 0.717) is 36.0 Å². The molecule has 1 spiro atoms. The number of nitrogens with zero attached hydrogens (tertiary/aromatic N) is 2. The van der Waals surface area contributed by atoms with Gasteiger partial charge in [-0.2, -0.15) is 0 Å². The van der Waals surface area contributed by atoms with E-state index < -0.39 is 5.60 Å². The first-order chi connectivity index (χ1) is 15.0. The maximum atomic E-state index is 14.0. The third-order valence-electron chi connectivity index (χ3n) is 10.0. The first kappa shape index (κ1) is 22.2. The minimum Gasteiger partial charge on any atom is -0.447 e. The molecule has 0 aromatic heterocycles. The number of carbonyl (C=O) groups excluding carboxylic acids is 2. The Bertz CT molecular complexity index is 905. The summed E-state index contributed by atoms with van der Waals surface area (Å²) in [6, 6.07) is 0.669. The average Bonchev–Trinajstić information content (AvgIpc) is 3.16. The second-order valence-electron chi connectivity index (χ2n) is 12.2. The third-order valence-corrected chi connectivity index (χ3v) is 10.0. The number of hydrogen-bond donors (Lipinski definition) is 0. The second-order valence-corrected chi connectivity index (χ2v) is 12.2. The standard InChI is InChI=1S/C27H40N2O3/c1-16(2)28-24-29(17(3)4)23(31)27(32-24)14-11-22-20-8-7-18-15-19(30)9-12-25(18,5)21(20)10-13-26(22,27)6/h15-17,20-22H,7-14H2,1-6H3/t20-,21+,22+,25+,26+,27+/m1/s1. The molecule has 1 saturated heterocycles. The van der Waals surface area contributed by atoms with Crippen LogP contribution in [0.1, 0.15) is 92.9 Å². The molecule has 1 amide bonds. The monoisotopic (exact) mass is 440 g/mol. The Kier molecular flexibility index (Phi) is 4.97. The summed E-state index contributed by atoms with van der Waals surface area (Å²) in [6.07, 6.45) is 9.83. The van der Waals surface area contributed by atoms with E-state index in [2.05, 4.69) is 27.7 Å². The summed E-state index contributed by atoms with van der Waals surface area (Å²) in [4.78, 5) is 32.6. The predicted molar refractivity (Wildman–Crippen MR) is 125 cm³/mol. The van der Waals surface area contributed by atoms with E-state index in [0.717, 1.165) is 44.9 Å². The van der Waals surface area contributed by atoms with Crippen LogP contribution in [-0.2, 0) is 14.3 Å². The number of fused-ring (bicyclic) bond motifs is 6. The highest BCUT2D eigenvalue weighted by Crippen LogP contribution is 2.69. The van der Waals surface area contributed by atoms with Crippen molar-refractivity contribution >= 4 is 17.7 Å². The molecule has 0 bridgehead atoms. The van der Waals surface area contributed by atoms with Gasteiger partial charge in [0.1, 0.15) is 0 Å². The van der Waals surface area contributed by atoms with Gasteiger partial charge in [0.25, 0.3) is 11.9 Å². The zero-order chi connectivity index (χ0) is 23.1. The van der Waals surface area contributed by atoms with Crippen molar-refractivity contribution in [3.8, 4) is 0 Å². The number of allylic oxidation sites excluding steroid dienone is 1. The number of carbonyl (C=O) groups is 2. The van der Waals surface area contributed by atoms with Gasteiger partial charge in [-0.15, -0.1) is 0 Å². The Hall–Kier alpha value is -1.65. The van der Waals surface area contributed by atoms with E-state index in [4.69, 9.17) is 9.73 Å². The molecule has 0 aromatic carbocycles. The van der Waals surface area contributed by atoms with Gasteiger partial charge in [-0.05, 0) is 102 Å². The molecule has 3 saturated carbocycles. The van der Waals surface area contributed by atoms with Gasteiger partial charge in [-0.3, -0.25) is 14.5 Å². The summed E-state index contributed by atoms with van der Waals surface area (Å²) in [5.74, 6) is 2.17. The number of rotatable bonds is 2. The molecular formula is C27H40N2O3. The summed E-state index contributed by atoms with van der Waals surface area (Å²) in [7, 11) is 0. The summed E-state index contributed by atoms with van der Waals surface area (Å²) in [6.45, 7) is 13.0. The number of amides is 1. The normalized spacial score (nSPS) is 44.8. The quantitative estimate of drug-likeness (QED) is 0.586. The predicted octanol–water partition coefficient (Wildman–Crippen LogP) is 5.29. The molecule has 5 aliphatic rings. The Morgan fingerprint density at radius 3 is 2.41 bits per heavy atom.